The van der Waals surface area contributed by atoms with Gasteiger partial charge in [-0.3, -0.25) is 4.79 Å². The van der Waals surface area contributed by atoms with Crippen LogP contribution < -0.4 is 9.64 Å². The zero-order valence-electron chi connectivity index (χ0n) is 11.6. The largest absolute Gasteiger partial charge is 0.497 e. The molecule has 0 N–H and O–H groups in total. The molecule has 3 heteroatoms. The number of ether oxygens (including phenoxy) is 1. The molecule has 2 atom stereocenters. The number of hydrogen-bond acceptors (Lipinski definition) is 2. The molecule has 1 heterocycles. The molecule has 0 aliphatic carbocycles. The molecule has 1 aliphatic heterocycles. The van der Waals surface area contributed by atoms with Crippen LogP contribution >= 0.6 is 0 Å². The van der Waals surface area contributed by atoms with Crippen LogP contribution in [0.5, 0.6) is 5.75 Å². The number of nitrogens with zero attached hydrogens (tertiary/aromatic N) is 1. The van der Waals surface area contributed by atoms with Crippen LogP contribution in [0.15, 0.2) is 54.6 Å². The van der Waals surface area contributed by atoms with Crippen molar-refractivity contribution < 1.29 is 9.53 Å². The van der Waals surface area contributed by atoms with E-state index in [4.69, 9.17) is 4.74 Å². The van der Waals surface area contributed by atoms with Crippen LogP contribution in [0.1, 0.15) is 18.5 Å². The van der Waals surface area contributed by atoms with Crippen molar-refractivity contribution in [3.63, 3.8) is 0 Å². The number of carbonyl (C=O) groups is 1. The fraction of sp³-hybridized carbons (Fsp3) is 0.235. The molecule has 0 aromatic heterocycles. The van der Waals surface area contributed by atoms with E-state index in [1.165, 1.54) is 5.56 Å². The molecule has 2 aromatic carbocycles. The summed E-state index contributed by atoms with van der Waals surface area (Å²) >= 11 is 0. The Balaban J connectivity index is 1.97. The summed E-state index contributed by atoms with van der Waals surface area (Å²) < 4.78 is 5.24. The lowest BCUT2D eigenvalue weighted by Crippen LogP contribution is -2.54. The second-order valence-electron chi connectivity index (χ2n) is 5.05. The van der Waals surface area contributed by atoms with E-state index < -0.39 is 0 Å². The zero-order chi connectivity index (χ0) is 14.1. The highest BCUT2D eigenvalue weighted by Crippen LogP contribution is 2.43. The molecule has 0 unspecified atom stereocenters. The molecule has 1 amide bonds. The van der Waals surface area contributed by atoms with Gasteiger partial charge in [0.05, 0.1) is 19.1 Å². The maximum atomic E-state index is 12.2. The molecular weight excluding hydrogens is 250 g/mol. The summed E-state index contributed by atoms with van der Waals surface area (Å²) in [7, 11) is 1.63. The van der Waals surface area contributed by atoms with Crippen LogP contribution in [-0.2, 0) is 4.79 Å². The van der Waals surface area contributed by atoms with Crippen molar-refractivity contribution in [3.8, 4) is 5.75 Å². The number of anilines is 1. The molecular formula is C17H17NO2. The molecule has 1 fully saturated rings. The Labute approximate surface area is 118 Å². The van der Waals surface area contributed by atoms with Gasteiger partial charge in [-0.2, -0.15) is 0 Å². The van der Waals surface area contributed by atoms with Crippen molar-refractivity contribution in [1.29, 1.82) is 0 Å². The highest BCUT2D eigenvalue weighted by Gasteiger charge is 2.45. The first-order valence-electron chi connectivity index (χ1n) is 6.74. The molecule has 0 spiro atoms. The number of hydrogen-bond donors (Lipinski definition) is 0. The lowest BCUT2D eigenvalue weighted by atomic mass is 9.83. The summed E-state index contributed by atoms with van der Waals surface area (Å²) in [5, 5.41) is 0. The van der Waals surface area contributed by atoms with E-state index in [0.717, 1.165) is 11.4 Å². The Hall–Kier alpha value is -2.29. The molecule has 1 aliphatic rings. The fourth-order valence-electron chi connectivity index (χ4n) is 2.77. The number of amides is 1. The molecule has 3 nitrogen and oxygen atoms in total. The fourth-order valence-corrected chi connectivity index (χ4v) is 2.77. The first-order valence-corrected chi connectivity index (χ1v) is 6.74. The topological polar surface area (TPSA) is 29.5 Å². The normalized spacial score (nSPS) is 21.5. The van der Waals surface area contributed by atoms with Crippen molar-refractivity contribution >= 4 is 11.6 Å². The van der Waals surface area contributed by atoms with Gasteiger partial charge in [-0.05, 0) is 17.7 Å². The van der Waals surface area contributed by atoms with Crippen molar-refractivity contribution in [3.05, 3.63) is 60.2 Å². The highest BCUT2D eigenvalue weighted by atomic mass is 16.5. The van der Waals surface area contributed by atoms with Gasteiger partial charge in [0.2, 0.25) is 5.91 Å². The van der Waals surface area contributed by atoms with E-state index in [0.29, 0.717) is 0 Å². The number of carbonyl (C=O) groups excluding carboxylic acids is 1. The van der Waals surface area contributed by atoms with Gasteiger partial charge in [-0.25, -0.2) is 0 Å². The van der Waals surface area contributed by atoms with Crippen LogP contribution in [-0.4, -0.2) is 13.0 Å². The minimum absolute atomic E-state index is 0.0172. The van der Waals surface area contributed by atoms with Gasteiger partial charge >= 0.3 is 0 Å². The first kappa shape index (κ1) is 12.7. The summed E-state index contributed by atoms with van der Waals surface area (Å²) in [6, 6.07) is 17.9. The number of β-lactam (4-membered cyclic amide) rings is 1. The van der Waals surface area contributed by atoms with Crippen LogP contribution in [0.25, 0.3) is 0 Å². The minimum atomic E-state index is 0.0172. The van der Waals surface area contributed by atoms with Gasteiger partial charge in [0.15, 0.2) is 0 Å². The Kier molecular flexibility index (Phi) is 3.18. The molecule has 0 bridgehead atoms. The maximum Gasteiger partial charge on any atom is 0.232 e. The van der Waals surface area contributed by atoms with Gasteiger partial charge < -0.3 is 9.64 Å². The second kappa shape index (κ2) is 5.00. The Morgan fingerprint density at radius 2 is 1.80 bits per heavy atom. The maximum absolute atomic E-state index is 12.2. The van der Waals surface area contributed by atoms with Crippen LogP contribution in [0, 0.1) is 5.92 Å². The monoisotopic (exact) mass is 267 g/mol. The van der Waals surface area contributed by atoms with E-state index >= 15 is 0 Å². The summed E-state index contributed by atoms with van der Waals surface area (Å²) in [4.78, 5) is 14.1. The van der Waals surface area contributed by atoms with E-state index in [-0.39, 0.29) is 17.9 Å². The Bertz CT molecular complexity index is 624. The minimum Gasteiger partial charge on any atom is -0.497 e. The molecule has 102 valence electrons. The van der Waals surface area contributed by atoms with Crippen LogP contribution in [0.4, 0.5) is 5.69 Å². The van der Waals surface area contributed by atoms with Gasteiger partial charge in [-0.1, -0.05) is 43.3 Å². The van der Waals surface area contributed by atoms with E-state index in [1.807, 2.05) is 54.3 Å². The van der Waals surface area contributed by atoms with E-state index in [1.54, 1.807) is 7.11 Å². The molecule has 2 aromatic rings. The third-order valence-corrected chi connectivity index (χ3v) is 3.85. The summed E-state index contributed by atoms with van der Waals surface area (Å²) in [6.45, 7) is 1.98. The van der Waals surface area contributed by atoms with Crippen LogP contribution in [0.2, 0.25) is 0 Å². The lowest BCUT2D eigenvalue weighted by molar-refractivity contribution is -0.129. The molecule has 3 rings (SSSR count). The molecule has 1 saturated heterocycles. The smallest absolute Gasteiger partial charge is 0.232 e. The number of methoxy groups -OCH3 is 1. The van der Waals surface area contributed by atoms with Crippen molar-refractivity contribution in [1.82, 2.24) is 0 Å². The predicted octanol–water partition coefficient (Wildman–Crippen LogP) is 3.42. The van der Waals surface area contributed by atoms with E-state index in [9.17, 15) is 4.79 Å². The zero-order valence-corrected chi connectivity index (χ0v) is 11.6. The standard InChI is InChI=1S/C17H17NO2/c1-12-16(13-7-4-3-5-8-13)18(17(12)19)14-9-6-10-15(11-14)20-2/h3-12,16H,1-2H3/t12-,16-/m0/s1. The summed E-state index contributed by atoms with van der Waals surface area (Å²) in [6.07, 6.45) is 0. The van der Waals surface area contributed by atoms with Crippen molar-refractivity contribution in [2.45, 2.75) is 13.0 Å². The average Bonchev–Trinajstić information content (AvgIpc) is 2.52. The Morgan fingerprint density at radius 3 is 2.50 bits per heavy atom. The highest BCUT2D eigenvalue weighted by molar-refractivity contribution is 6.03. The Morgan fingerprint density at radius 1 is 1.05 bits per heavy atom. The predicted molar refractivity (Wildman–Crippen MR) is 78.8 cm³/mol. The van der Waals surface area contributed by atoms with Gasteiger partial charge in [-0.15, -0.1) is 0 Å². The molecule has 0 radical (unpaired) electrons. The van der Waals surface area contributed by atoms with Gasteiger partial charge in [0, 0.05) is 11.8 Å². The second-order valence-corrected chi connectivity index (χ2v) is 5.05. The van der Waals surface area contributed by atoms with Crippen molar-refractivity contribution in [2.24, 2.45) is 5.92 Å². The first-order chi connectivity index (χ1) is 9.72. The lowest BCUT2D eigenvalue weighted by Gasteiger charge is -2.46. The molecule has 0 saturated carbocycles. The summed E-state index contributed by atoms with van der Waals surface area (Å²) in [5.41, 5.74) is 2.06. The van der Waals surface area contributed by atoms with Gasteiger partial charge in [0.1, 0.15) is 5.75 Å². The van der Waals surface area contributed by atoms with Crippen LogP contribution in [0.3, 0.4) is 0 Å². The third kappa shape index (κ3) is 1.95. The molecule has 20 heavy (non-hydrogen) atoms. The SMILES string of the molecule is COc1cccc(N2C(=O)[C@@H](C)[C@H]2c2ccccc2)c1. The van der Waals surface area contributed by atoms with Crippen molar-refractivity contribution in [2.75, 3.05) is 12.0 Å². The average molecular weight is 267 g/mol. The number of rotatable bonds is 3. The summed E-state index contributed by atoms with van der Waals surface area (Å²) in [5.74, 6) is 0.942. The third-order valence-electron chi connectivity index (χ3n) is 3.85. The quantitative estimate of drug-likeness (QED) is 0.797. The number of benzene rings is 2. The van der Waals surface area contributed by atoms with E-state index in [2.05, 4.69) is 12.1 Å². The van der Waals surface area contributed by atoms with Gasteiger partial charge in [0.25, 0.3) is 0 Å².